The standard InChI is InChI=1S/C11H13ClN2O2S/c1-6(4-7-2-3-13-10(7)16)9(15)11-14-8(12)5-17-11/h5-7H,2-4H2,1H3,(H,13,16)/t6-,7-/m0/s1. The quantitative estimate of drug-likeness (QED) is 0.855. The molecule has 0 bridgehead atoms. The van der Waals surface area contributed by atoms with Crippen molar-refractivity contribution in [3.63, 3.8) is 0 Å². The summed E-state index contributed by atoms with van der Waals surface area (Å²) in [5.41, 5.74) is 0. The summed E-state index contributed by atoms with van der Waals surface area (Å²) in [5.74, 6) is -0.195. The van der Waals surface area contributed by atoms with Gasteiger partial charge in [-0.2, -0.15) is 0 Å². The molecular weight excluding hydrogens is 260 g/mol. The summed E-state index contributed by atoms with van der Waals surface area (Å²) < 4.78 is 0. The predicted molar refractivity (Wildman–Crippen MR) is 66.4 cm³/mol. The molecule has 0 unspecified atom stereocenters. The smallest absolute Gasteiger partial charge is 0.223 e. The average Bonchev–Trinajstić information content (AvgIpc) is 2.88. The number of aromatic nitrogens is 1. The number of rotatable bonds is 4. The van der Waals surface area contributed by atoms with Crippen molar-refractivity contribution in [1.82, 2.24) is 10.3 Å². The largest absolute Gasteiger partial charge is 0.356 e. The SMILES string of the molecule is C[C@@H](C[C@@H]1CCNC1=O)C(=O)c1nc(Cl)cs1. The number of amides is 1. The van der Waals surface area contributed by atoms with Crippen LogP contribution in [0.3, 0.4) is 0 Å². The van der Waals surface area contributed by atoms with Gasteiger partial charge in [-0.15, -0.1) is 11.3 Å². The number of ketones is 1. The first kappa shape index (κ1) is 12.5. The van der Waals surface area contributed by atoms with Crippen molar-refractivity contribution in [2.75, 3.05) is 6.54 Å². The van der Waals surface area contributed by atoms with Crippen LogP contribution in [0.2, 0.25) is 5.15 Å². The van der Waals surface area contributed by atoms with Crippen LogP contribution < -0.4 is 5.32 Å². The third-order valence-corrected chi connectivity index (χ3v) is 4.12. The Morgan fingerprint density at radius 3 is 3.06 bits per heavy atom. The monoisotopic (exact) mass is 272 g/mol. The zero-order valence-corrected chi connectivity index (χ0v) is 11.0. The summed E-state index contributed by atoms with van der Waals surface area (Å²) in [7, 11) is 0. The number of halogens is 1. The highest BCUT2D eigenvalue weighted by Crippen LogP contribution is 2.24. The predicted octanol–water partition coefficient (Wildman–Crippen LogP) is 2.14. The fourth-order valence-corrected chi connectivity index (χ4v) is 2.98. The van der Waals surface area contributed by atoms with Crippen LogP contribution in [0.25, 0.3) is 0 Å². The van der Waals surface area contributed by atoms with Gasteiger partial charge in [-0.25, -0.2) is 4.98 Å². The first-order valence-electron chi connectivity index (χ1n) is 5.51. The Labute approximate surface area is 108 Å². The summed E-state index contributed by atoms with van der Waals surface area (Å²) in [6.45, 7) is 2.55. The van der Waals surface area contributed by atoms with E-state index in [1.807, 2.05) is 6.92 Å². The highest BCUT2D eigenvalue weighted by molar-refractivity contribution is 7.12. The molecule has 92 valence electrons. The molecule has 1 aromatic rings. The van der Waals surface area contributed by atoms with Crippen LogP contribution in [-0.4, -0.2) is 23.2 Å². The van der Waals surface area contributed by atoms with Gasteiger partial charge in [0.15, 0.2) is 10.8 Å². The Balaban J connectivity index is 1.98. The van der Waals surface area contributed by atoms with Crippen LogP contribution in [0.4, 0.5) is 0 Å². The number of nitrogens with zero attached hydrogens (tertiary/aromatic N) is 1. The van der Waals surface area contributed by atoms with Gasteiger partial charge >= 0.3 is 0 Å². The molecule has 0 aliphatic carbocycles. The third-order valence-electron chi connectivity index (χ3n) is 2.94. The lowest BCUT2D eigenvalue weighted by molar-refractivity contribution is -0.122. The topological polar surface area (TPSA) is 59.1 Å². The molecule has 1 aliphatic heterocycles. The minimum atomic E-state index is -0.189. The highest BCUT2D eigenvalue weighted by atomic mass is 35.5. The van der Waals surface area contributed by atoms with Crippen molar-refractivity contribution < 1.29 is 9.59 Å². The lowest BCUT2D eigenvalue weighted by Crippen LogP contribution is -2.23. The van der Waals surface area contributed by atoms with E-state index in [4.69, 9.17) is 11.6 Å². The summed E-state index contributed by atoms with van der Waals surface area (Å²) in [5, 5.41) is 5.20. The molecule has 6 heteroatoms. The number of nitrogens with one attached hydrogen (secondary N) is 1. The number of carbonyl (C=O) groups is 2. The van der Waals surface area contributed by atoms with Gasteiger partial charge in [0.05, 0.1) is 0 Å². The minimum absolute atomic E-state index is 0.0263. The fraction of sp³-hybridized carbons (Fsp3) is 0.545. The van der Waals surface area contributed by atoms with Crippen molar-refractivity contribution in [1.29, 1.82) is 0 Å². The molecule has 1 aliphatic rings. The Kier molecular flexibility index (Phi) is 3.79. The summed E-state index contributed by atoms with van der Waals surface area (Å²) >= 11 is 6.94. The molecule has 0 aromatic carbocycles. The van der Waals surface area contributed by atoms with Crippen LogP contribution in [0.1, 0.15) is 29.6 Å². The Bertz CT molecular complexity index is 446. The van der Waals surface area contributed by atoms with E-state index in [9.17, 15) is 9.59 Å². The number of hydrogen-bond acceptors (Lipinski definition) is 4. The van der Waals surface area contributed by atoms with Gasteiger partial charge in [-0.3, -0.25) is 9.59 Å². The van der Waals surface area contributed by atoms with Crippen molar-refractivity contribution in [3.05, 3.63) is 15.5 Å². The molecule has 2 rings (SSSR count). The van der Waals surface area contributed by atoms with Gasteiger partial charge in [0.2, 0.25) is 5.91 Å². The lowest BCUT2D eigenvalue weighted by atomic mass is 9.92. The molecule has 17 heavy (non-hydrogen) atoms. The molecule has 1 N–H and O–H groups in total. The maximum Gasteiger partial charge on any atom is 0.223 e. The first-order chi connectivity index (χ1) is 8.08. The van der Waals surface area contributed by atoms with Crippen molar-refractivity contribution in [3.8, 4) is 0 Å². The average molecular weight is 273 g/mol. The van der Waals surface area contributed by atoms with Crippen LogP contribution in [0.15, 0.2) is 5.38 Å². The van der Waals surface area contributed by atoms with Gasteiger partial charge in [-0.05, 0) is 12.8 Å². The van der Waals surface area contributed by atoms with Gasteiger partial charge < -0.3 is 5.32 Å². The molecule has 2 heterocycles. The second-order valence-corrected chi connectivity index (χ2v) is 5.50. The lowest BCUT2D eigenvalue weighted by Gasteiger charge is -2.12. The van der Waals surface area contributed by atoms with Crippen LogP contribution >= 0.6 is 22.9 Å². The zero-order valence-electron chi connectivity index (χ0n) is 9.40. The van der Waals surface area contributed by atoms with Crippen molar-refractivity contribution in [2.45, 2.75) is 19.8 Å². The zero-order chi connectivity index (χ0) is 12.4. The van der Waals surface area contributed by atoms with Gasteiger partial charge in [0.1, 0.15) is 5.15 Å². The van der Waals surface area contributed by atoms with E-state index in [-0.39, 0.29) is 23.5 Å². The second-order valence-electron chi connectivity index (χ2n) is 4.25. The van der Waals surface area contributed by atoms with Gasteiger partial charge in [-0.1, -0.05) is 18.5 Å². The Hall–Kier alpha value is -0.940. The van der Waals surface area contributed by atoms with Crippen LogP contribution in [0.5, 0.6) is 0 Å². The molecule has 1 amide bonds. The van der Waals surface area contributed by atoms with E-state index in [2.05, 4.69) is 10.3 Å². The molecule has 0 saturated carbocycles. The summed E-state index contributed by atoms with van der Waals surface area (Å²) in [6, 6.07) is 0. The van der Waals surface area contributed by atoms with Crippen LogP contribution in [0, 0.1) is 11.8 Å². The molecule has 0 radical (unpaired) electrons. The minimum Gasteiger partial charge on any atom is -0.356 e. The first-order valence-corrected chi connectivity index (χ1v) is 6.76. The molecule has 1 aromatic heterocycles. The number of hydrogen-bond donors (Lipinski definition) is 1. The van der Waals surface area contributed by atoms with Crippen LogP contribution in [-0.2, 0) is 4.79 Å². The van der Waals surface area contributed by atoms with E-state index < -0.39 is 0 Å². The molecule has 1 saturated heterocycles. The second kappa shape index (κ2) is 5.14. The van der Waals surface area contributed by atoms with E-state index in [1.54, 1.807) is 5.38 Å². The van der Waals surface area contributed by atoms with E-state index in [0.717, 1.165) is 6.42 Å². The number of Topliss-reactive ketones (excluding diaryl/α,β-unsaturated/α-hetero) is 1. The normalized spacial score (nSPS) is 21.3. The van der Waals surface area contributed by atoms with Gasteiger partial charge in [0, 0.05) is 23.8 Å². The molecule has 0 spiro atoms. The van der Waals surface area contributed by atoms with E-state index in [0.29, 0.717) is 23.1 Å². The molecular formula is C11H13ClN2O2S. The highest BCUT2D eigenvalue weighted by Gasteiger charge is 2.29. The molecule has 4 nitrogen and oxygen atoms in total. The summed E-state index contributed by atoms with van der Waals surface area (Å²) in [6.07, 6.45) is 1.40. The Morgan fingerprint density at radius 1 is 1.76 bits per heavy atom. The third kappa shape index (κ3) is 2.84. The maximum atomic E-state index is 12.0. The maximum absolute atomic E-state index is 12.0. The number of carbonyl (C=O) groups excluding carboxylic acids is 2. The Morgan fingerprint density at radius 2 is 2.53 bits per heavy atom. The van der Waals surface area contributed by atoms with Gasteiger partial charge in [0.25, 0.3) is 0 Å². The molecule has 1 fully saturated rings. The van der Waals surface area contributed by atoms with Crippen molar-refractivity contribution >= 4 is 34.6 Å². The number of thiazole rings is 1. The van der Waals surface area contributed by atoms with Crippen molar-refractivity contribution in [2.24, 2.45) is 11.8 Å². The fourth-order valence-electron chi connectivity index (χ4n) is 1.98. The van der Waals surface area contributed by atoms with E-state index >= 15 is 0 Å². The molecule has 2 atom stereocenters. The summed E-state index contributed by atoms with van der Waals surface area (Å²) in [4.78, 5) is 27.4. The van der Waals surface area contributed by atoms with E-state index in [1.165, 1.54) is 11.3 Å².